The molecular weight excluding hydrogens is 254 g/mol. The normalized spacial score (nSPS) is 33.5. The van der Waals surface area contributed by atoms with Gasteiger partial charge in [-0.05, 0) is 38.1 Å². The molecule has 0 aromatic carbocycles. The topological polar surface area (TPSA) is 75.4 Å². The van der Waals surface area contributed by atoms with Crippen molar-refractivity contribution in [1.82, 2.24) is 10.2 Å². The van der Waals surface area contributed by atoms with Gasteiger partial charge in [0.2, 0.25) is 0 Å². The largest absolute Gasteiger partial charge is 0.330 e. The molecule has 0 bridgehead atoms. The summed E-state index contributed by atoms with van der Waals surface area (Å²) in [5.74, 6) is 0.296. The van der Waals surface area contributed by atoms with Crippen molar-refractivity contribution in [3.05, 3.63) is 0 Å². The number of nitrogens with one attached hydrogen (secondary N) is 1. The molecule has 5 heteroatoms. The number of rotatable bonds is 2. The van der Waals surface area contributed by atoms with E-state index in [-0.39, 0.29) is 23.9 Å². The van der Waals surface area contributed by atoms with Crippen LogP contribution in [0.4, 0.5) is 4.79 Å². The van der Waals surface area contributed by atoms with Crippen LogP contribution >= 0.6 is 0 Å². The summed E-state index contributed by atoms with van der Waals surface area (Å²) >= 11 is 0. The molecule has 3 aliphatic rings. The molecule has 5 nitrogen and oxygen atoms in total. The highest BCUT2D eigenvalue weighted by Crippen LogP contribution is 2.37. The molecule has 2 atom stereocenters. The maximum absolute atomic E-state index is 12.9. The molecule has 20 heavy (non-hydrogen) atoms. The van der Waals surface area contributed by atoms with Gasteiger partial charge in [0.05, 0.1) is 0 Å². The summed E-state index contributed by atoms with van der Waals surface area (Å²) in [5, 5.41) is 3.01. The van der Waals surface area contributed by atoms with Gasteiger partial charge in [-0.25, -0.2) is 4.79 Å². The van der Waals surface area contributed by atoms with Crippen molar-refractivity contribution in [3.63, 3.8) is 0 Å². The number of imide groups is 1. The molecule has 112 valence electrons. The average Bonchev–Trinajstić information content (AvgIpc) is 2.71. The van der Waals surface area contributed by atoms with Gasteiger partial charge in [0.25, 0.3) is 5.91 Å². The molecule has 2 unspecified atom stereocenters. The highest BCUT2D eigenvalue weighted by atomic mass is 16.2. The van der Waals surface area contributed by atoms with E-state index in [1.165, 1.54) is 11.3 Å². The van der Waals surface area contributed by atoms with Gasteiger partial charge in [0, 0.05) is 6.04 Å². The molecule has 3 rings (SSSR count). The number of hydrogen-bond acceptors (Lipinski definition) is 3. The second-order valence-corrected chi connectivity index (χ2v) is 6.60. The minimum Gasteiger partial charge on any atom is -0.330 e. The highest BCUT2D eigenvalue weighted by Gasteiger charge is 2.54. The number of carbonyl (C=O) groups excluding carboxylic acids is 2. The summed E-state index contributed by atoms with van der Waals surface area (Å²) in [6.45, 7) is 0.564. The molecule has 1 aliphatic heterocycles. The lowest BCUT2D eigenvalue weighted by Crippen LogP contribution is -2.51. The van der Waals surface area contributed by atoms with Crippen LogP contribution in [-0.4, -0.2) is 35.0 Å². The van der Waals surface area contributed by atoms with Crippen molar-refractivity contribution in [1.29, 1.82) is 0 Å². The van der Waals surface area contributed by atoms with Gasteiger partial charge >= 0.3 is 6.03 Å². The molecular formula is C15H25N3O2. The van der Waals surface area contributed by atoms with Gasteiger partial charge in [0.1, 0.15) is 5.54 Å². The van der Waals surface area contributed by atoms with Crippen molar-refractivity contribution < 1.29 is 9.59 Å². The fourth-order valence-corrected chi connectivity index (χ4v) is 4.24. The van der Waals surface area contributed by atoms with Gasteiger partial charge in [-0.3, -0.25) is 9.69 Å². The predicted molar refractivity (Wildman–Crippen MR) is 76.0 cm³/mol. The molecule has 1 heterocycles. The van der Waals surface area contributed by atoms with Gasteiger partial charge in [-0.2, -0.15) is 0 Å². The highest BCUT2D eigenvalue weighted by molar-refractivity contribution is 6.07. The minimum absolute atomic E-state index is 0.0163. The van der Waals surface area contributed by atoms with Crippen LogP contribution in [0.15, 0.2) is 0 Å². The van der Waals surface area contributed by atoms with Crippen LogP contribution < -0.4 is 11.1 Å². The van der Waals surface area contributed by atoms with Crippen molar-refractivity contribution >= 4 is 11.9 Å². The van der Waals surface area contributed by atoms with Crippen LogP contribution in [0.3, 0.4) is 0 Å². The molecule has 3 fully saturated rings. The van der Waals surface area contributed by atoms with E-state index >= 15 is 0 Å². The molecule has 2 saturated carbocycles. The molecule has 3 N–H and O–H groups in total. The number of amides is 3. The lowest BCUT2D eigenvalue weighted by Gasteiger charge is -2.37. The Hall–Kier alpha value is -1.10. The van der Waals surface area contributed by atoms with Gasteiger partial charge in [-0.15, -0.1) is 0 Å². The van der Waals surface area contributed by atoms with E-state index in [4.69, 9.17) is 5.73 Å². The monoisotopic (exact) mass is 279 g/mol. The summed E-state index contributed by atoms with van der Waals surface area (Å²) < 4.78 is 0. The zero-order chi connectivity index (χ0) is 14.2. The Morgan fingerprint density at radius 1 is 1.10 bits per heavy atom. The summed E-state index contributed by atoms with van der Waals surface area (Å²) in [6.07, 6.45) is 9.03. The first-order chi connectivity index (χ1) is 9.68. The van der Waals surface area contributed by atoms with Crippen LogP contribution in [0.2, 0.25) is 0 Å². The van der Waals surface area contributed by atoms with E-state index in [1.807, 2.05) is 0 Å². The van der Waals surface area contributed by atoms with Gasteiger partial charge in [0.15, 0.2) is 0 Å². The smallest absolute Gasteiger partial charge is 0.325 e. The second kappa shape index (κ2) is 5.35. The summed E-state index contributed by atoms with van der Waals surface area (Å²) in [4.78, 5) is 26.8. The molecule has 1 spiro atoms. The van der Waals surface area contributed by atoms with Crippen LogP contribution in [0, 0.1) is 5.92 Å². The van der Waals surface area contributed by atoms with Crippen LogP contribution in [0.25, 0.3) is 0 Å². The lowest BCUT2D eigenvalue weighted by atomic mass is 9.80. The second-order valence-electron chi connectivity index (χ2n) is 6.60. The predicted octanol–water partition coefficient (Wildman–Crippen LogP) is 1.76. The van der Waals surface area contributed by atoms with Crippen molar-refractivity contribution in [2.75, 3.05) is 6.54 Å². The third-order valence-electron chi connectivity index (χ3n) is 5.40. The molecule has 3 amide bonds. The van der Waals surface area contributed by atoms with Crippen molar-refractivity contribution in [2.24, 2.45) is 11.7 Å². The standard InChI is InChI=1S/C15H25N3O2/c16-10-11-6-2-3-7-12(11)18-13(19)15(17-14(18)20)8-4-1-5-9-15/h11-12H,1-10,16H2,(H,17,20). The van der Waals surface area contributed by atoms with Gasteiger partial charge < -0.3 is 11.1 Å². The van der Waals surface area contributed by atoms with Gasteiger partial charge in [-0.1, -0.05) is 32.1 Å². The van der Waals surface area contributed by atoms with Crippen molar-refractivity contribution in [2.45, 2.75) is 69.4 Å². The molecule has 0 aromatic rings. The number of nitrogens with two attached hydrogens (primary N) is 1. The fourth-order valence-electron chi connectivity index (χ4n) is 4.24. The minimum atomic E-state index is -0.591. The van der Waals surface area contributed by atoms with Crippen molar-refractivity contribution in [3.8, 4) is 0 Å². The van der Waals surface area contributed by atoms with Crippen LogP contribution in [-0.2, 0) is 4.79 Å². The first-order valence-corrected chi connectivity index (χ1v) is 8.04. The maximum atomic E-state index is 12.9. The maximum Gasteiger partial charge on any atom is 0.325 e. The molecule has 1 saturated heterocycles. The van der Waals surface area contributed by atoms with E-state index in [9.17, 15) is 9.59 Å². The third kappa shape index (κ3) is 2.12. The Morgan fingerprint density at radius 3 is 2.50 bits per heavy atom. The number of nitrogens with zero attached hydrogens (tertiary/aromatic N) is 1. The van der Waals surface area contributed by atoms with E-state index in [0.717, 1.165) is 51.4 Å². The lowest BCUT2D eigenvalue weighted by molar-refractivity contribution is -0.135. The number of urea groups is 1. The Morgan fingerprint density at radius 2 is 1.80 bits per heavy atom. The quantitative estimate of drug-likeness (QED) is 0.756. The van der Waals surface area contributed by atoms with E-state index in [2.05, 4.69) is 5.32 Å². The Labute approximate surface area is 120 Å². The molecule has 0 aromatic heterocycles. The molecule has 0 radical (unpaired) electrons. The molecule has 2 aliphatic carbocycles. The SMILES string of the molecule is NCC1CCCCC1N1C(=O)NC2(CCCCC2)C1=O. The number of carbonyl (C=O) groups is 2. The average molecular weight is 279 g/mol. The zero-order valence-corrected chi connectivity index (χ0v) is 12.1. The Bertz CT molecular complexity index is 404. The summed E-state index contributed by atoms with van der Waals surface area (Å²) in [5.41, 5.74) is 5.26. The summed E-state index contributed by atoms with van der Waals surface area (Å²) in [7, 11) is 0. The third-order valence-corrected chi connectivity index (χ3v) is 5.40. The van der Waals surface area contributed by atoms with E-state index in [1.54, 1.807) is 0 Å². The summed E-state index contributed by atoms with van der Waals surface area (Å²) in [6, 6.07) is -0.162. The Kier molecular flexibility index (Phi) is 3.71. The first-order valence-electron chi connectivity index (χ1n) is 8.04. The number of hydrogen-bond donors (Lipinski definition) is 2. The fraction of sp³-hybridized carbons (Fsp3) is 0.867. The van der Waals surface area contributed by atoms with E-state index in [0.29, 0.717) is 6.54 Å². The van der Waals surface area contributed by atoms with Crippen LogP contribution in [0.5, 0.6) is 0 Å². The zero-order valence-electron chi connectivity index (χ0n) is 12.1. The Balaban J connectivity index is 1.82. The first kappa shape index (κ1) is 13.9. The van der Waals surface area contributed by atoms with E-state index < -0.39 is 5.54 Å². The van der Waals surface area contributed by atoms with Crippen LogP contribution in [0.1, 0.15) is 57.8 Å².